The first-order chi connectivity index (χ1) is 16.7. The van der Waals surface area contributed by atoms with E-state index in [0.29, 0.717) is 18.7 Å². The fraction of sp³-hybridized carbons (Fsp3) is 0.423. The first-order valence-electron chi connectivity index (χ1n) is 12.3. The van der Waals surface area contributed by atoms with Crippen molar-refractivity contribution in [1.29, 1.82) is 0 Å². The van der Waals surface area contributed by atoms with Crippen LogP contribution >= 0.6 is 0 Å². The summed E-state index contributed by atoms with van der Waals surface area (Å²) in [6.07, 6.45) is 4.23. The van der Waals surface area contributed by atoms with Gasteiger partial charge in [0.2, 0.25) is 5.91 Å². The molecule has 6 rings (SSSR count). The monoisotopic (exact) mass is 458 g/mol. The number of hydrogen-bond acceptors (Lipinski definition) is 5. The number of piperazine rings is 1. The number of nitrogens with one attached hydrogen (secondary N) is 3. The highest BCUT2D eigenvalue weighted by Crippen LogP contribution is 2.28. The van der Waals surface area contributed by atoms with E-state index in [1.165, 1.54) is 6.42 Å². The lowest BCUT2D eigenvalue weighted by atomic mass is 9.82. The van der Waals surface area contributed by atoms with Crippen LogP contribution in [0.25, 0.3) is 22.4 Å². The molecule has 1 saturated carbocycles. The molecule has 3 fully saturated rings. The number of carbonyl (C=O) groups excluding carboxylic acids is 2. The molecular weight excluding hydrogens is 428 g/mol. The van der Waals surface area contributed by atoms with E-state index in [9.17, 15) is 9.59 Å². The van der Waals surface area contributed by atoms with Crippen molar-refractivity contribution in [2.24, 2.45) is 5.92 Å². The second-order valence-corrected chi connectivity index (χ2v) is 9.59. The third-order valence-corrected chi connectivity index (χ3v) is 7.50. The second kappa shape index (κ2) is 8.85. The number of benzene rings is 2. The zero-order valence-electron chi connectivity index (χ0n) is 19.2. The molecule has 3 N–H and O–H groups in total. The number of carbonyl (C=O) groups is 2. The minimum absolute atomic E-state index is 0.0328. The molecule has 2 aromatic carbocycles. The topological polar surface area (TPSA) is 93.4 Å². The van der Waals surface area contributed by atoms with E-state index in [0.717, 1.165) is 54.8 Å². The molecule has 8 nitrogen and oxygen atoms in total. The maximum Gasteiger partial charge on any atom is 0.254 e. The largest absolute Gasteiger partial charge is 0.338 e. The van der Waals surface area contributed by atoms with Gasteiger partial charge in [-0.3, -0.25) is 19.8 Å². The smallest absolute Gasteiger partial charge is 0.254 e. The summed E-state index contributed by atoms with van der Waals surface area (Å²) in [4.78, 5) is 38.0. The van der Waals surface area contributed by atoms with Gasteiger partial charge in [0.1, 0.15) is 12.1 Å². The summed E-state index contributed by atoms with van der Waals surface area (Å²) >= 11 is 0. The van der Waals surface area contributed by atoms with Crippen LogP contribution in [0.2, 0.25) is 0 Å². The summed E-state index contributed by atoms with van der Waals surface area (Å²) in [6, 6.07) is 15.9. The molecule has 3 aromatic rings. The highest BCUT2D eigenvalue weighted by Gasteiger charge is 2.40. The van der Waals surface area contributed by atoms with Crippen LogP contribution < -0.4 is 10.6 Å². The zero-order chi connectivity index (χ0) is 23.1. The molecular formula is C26H30N6O2. The van der Waals surface area contributed by atoms with E-state index in [4.69, 9.17) is 0 Å². The standard InChI is InChI=1S/C26H30N6O2/c33-24-19-8-4-5-9-20(19)29-26(30-24)32-14-12-31(13-15-32)25(34)18-10-11-21-22(16-18)28-23(27-21)17-6-2-1-3-7-17/h1-3,6-7,10-11,16,19-20,26,29H,4-5,8-9,12-15H2,(H,27,28)(H,30,33). The molecule has 34 heavy (non-hydrogen) atoms. The highest BCUT2D eigenvalue weighted by molar-refractivity contribution is 5.97. The summed E-state index contributed by atoms with van der Waals surface area (Å²) in [6.45, 7) is 2.73. The van der Waals surface area contributed by atoms with Gasteiger partial charge in [0.05, 0.1) is 17.0 Å². The fourth-order valence-corrected chi connectivity index (χ4v) is 5.57. The van der Waals surface area contributed by atoms with Crippen molar-refractivity contribution in [2.75, 3.05) is 26.2 Å². The van der Waals surface area contributed by atoms with Gasteiger partial charge in [0.25, 0.3) is 5.91 Å². The quantitative estimate of drug-likeness (QED) is 0.561. The first-order valence-corrected chi connectivity index (χ1v) is 12.3. The van der Waals surface area contributed by atoms with Crippen LogP contribution in [0.5, 0.6) is 0 Å². The minimum atomic E-state index is -0.137. The van der Waals surface area contributed by atoms with E-state index >= 15 is 0 Å². The molecule has 176 valence electrons. The number of nitrogens with zero attached hydrogens (tertiary/aromatic N) is 3. The zero-order valence-corrected chi connectivity index (χ0v) is 19.2. The van der Waals surface area contributed by atoms with E-state index in [1.54, 1.807) is 0 Å². The number of hydrogen-bond donors (Lipinski definition) is 3. The van der Waals surface area contributed by atoms with Gasteiger partial charge in [-0.2, -0.15) is 0 Å². The molecule has 3 atom stereocenters. The predicted molar refractivity (Wildman–Crippen MR) is 130 cm³/mol. The Morgan fingerprint density at radius 1 is 0.971 bits per heavy atom. The highest BCUT2D eigenvalue weighted by atomic mass is 16.2. The van der Waals surface area contributed by atoms with Gasteiger partial charge in [-0.15, -0.1) is 0 Å². The predicted octanol–water partition coefficient (Wildman–Crippen LogP) is 2.55. The Kier molecular flexibility index (Phi) is 5.55. The first kappa shape index (κ1) is 21.3. The number of fused-ring (bicyclic) bond motifs is 2. The van der Waals surface area contributed by atoms with E-state index in [1.807, 2.05) is 53.4 Å². The number of imidazole rings is 1. The van der Waals surface area contributed by atoms with Gasteiger partial charge >= 0.3 is 0 Å². The Bertz CT molecular complexity index is 1200. The molecule has 1 aliphatic carbocycles. The van der Waals surface area contributed by atoms with E-state index in [2.05, 4.69) is 25.5 Å². The molecule has 2 amide bonds. The summed E-state index contributed by atoms with van der Waals surface area (Å²) < 4.78 is 0. The number of aromatic nitrogens is 2. The van der Waals surface area contributed by atoms with Gasteiger partial charge in [-0.1, -0.05) is 43.2 Å². The van der Waals surface area contributed by atoms with Crippen LogP contribution in [0.1, 0.15) is 36.0 Å². The lowest BCUT2D eigenvalue weighted by Crippen LogP contribution is -2.69. The van der Waals surface area contributed by atoms with Gasteiger partial charge in [0, 0.05) is 43.3 Å². The molecule has 0 bridgehead atoms. The second-order valence-electron chi connectivity index (χ2n) is 9.59. The van der Waals surface area contributed by atoms with Crippen LogP contribution in [0.3, 0.4) is 0 Å². The molecule has 2 saturated heterocycles. The molecule has 3 heterocycles. The Morgan fingerprint density at radius 3 is 2.59 bits per heavy atom. The van der Waals surface area contributed by atoms with Crippen molar-refractivity contribution in [3.8, 4) is 11.4 Å². The van der Waals surface area contributed by atoms with Crippen LogP contribution in [0.4, 0.5) is 0 Å². The Balaban J connectivity index is 1.11. The number of H-pyrrole nitrogens is 1. The molecule has 2 aliphatic heterocycles. The van der Waals surface area contributed by atoms with Crippen molar-refractivity contribution in [3.63, 3.8) is 0 Å². The van der Waals surface area contributed by atoms with E-state index < -0.39 is 0 Å². The minimum Gasteiger partial charge on any atom is -0.338 e. The van der Waals surface area contributed by atoms with Crippen LogP contribution in [0, 0.1) is 5.92 Å². The Hall–Kier alpha value is -3.23. The van der Waals surface area contributed by atoms with Crippen LogP contribution in [0.15, 0.2) is 48.5 Å². The number of aromatic amines is 1. The maximum absolute atomic E-state index is 13.2. The fourth-order valence-electron chi connectivity index (χ4n) is 5.57. The van der Waals surface area contributed by atoms with Crippen molar-refractivity contribution in [2.45, 2.75) is 38.0 Å². The van der Waals surface area contributed by atoms with Crippen molar-refractivity contribution >= 4 is 22.8 Å². The molecule has 0 spiro atoms. The summed E-state index contributed by atoms with van der Waals surface area (Å²) in [7, 11) is 0. The number of amides is 2. The van der Waals surface area contributed by atoms with Gasteiger partial charge in [0.15, 0.2) is 0 Å². The molecule has 8 heteroatoms. The summed E-state index contributed by atoms with van der Waals surface area (Å²) in [5, 5.41) is 6.80. The summed E-state index contributed by atoms with van der Waals surface area (Å²) in [5.74, 6) is 1.11. The molecule has 3 unspecified atom stereocenters. The third kappa shape index (κ3) is 3.97. The summed E-state index contributed by atoms with van der Waals surface area (Å²) in [5.41, 5.74) is 3.39. The molecule has 0 radical (unpaired) electrons. The van der Waals surface area contributed by atoms with Crippen molar-refractivity contribution < 1.29 is 9.59 Å². The Labute approximate surface area is 198 Å². The SMILES string of the molecule is O=C1NC(N2CCN(C(=O)c3ccc4nc(-c5ccccc5)[nH]c4c3)CC2)NC2CCCCC12. The van der Waals surface area contributed by atoms with Crippen LogP contribution in [-0.2, 0) is 4.79 Å². The van der Waals surface area contributed by atoms with Gasteiger partial charge < -0.3 is 15.2 Å². The average Bonchev–Trinajstić information content (AvgIpc) is 3.32. The van der Waals surface area contributed by atoms with E-state index in [-0.39, 0.29) is 30.1 Å². The van der Waals surface area contributed by atoms with Crippen LogP contribution in [-0.4, -0.2) is 70.1 Å². The van der Waals surface area contributed by atoms with Crippen molar-refractivity contribution in [1.82, 2.24) is 30.4 Å². The lowest BCUT2D eigenvalue weighted by Gasteiger charge is -2.46. The van der Waals surface area contributed by atoms with Gasteiger partial charge in [-0.05, 0) is 31.0 Å². The lowest BCUT2D eigenvalue weighted by molar-refractivity contribution is -0.134. The Morgan fingerprint density at radius 2 is 1.76 bits per heavy atom. The van der Waals surface area contributed by atoms with Gasteiger partial charge in [-0.25, -0.2) is 4.98 Å². The average molecular weight is 459 g/mol. The molecule has 3 aliphatic rings. The normalized spacial score (nSPS) is 25.7. The number of rotatable bonds is 3. The van der Waals surface area contributed by atoms with Crippen molar-refractivity contribution in [3.05, 3.63) is 54.1 Å². The molecule has 1 aromatic heterocycles. The third-order valence-electron chi connectivity index (χ3n) is 7.50. The maximum atomic E-state index is 13.2.